The van der Waals surface area contributed by atoms with E-state index in [4.69, 9.17) is 37.9 Å². The average Bonchev–Trinajstić information content (AvgIpc) is 3.34. The van der Waals surface area contributed by atoms with E-state index < -0.39 is 17.0 Å². The third kappa shape index (κ3) is 8.61. The van der Waals surface area contributed by atoms with Crippen molar-refractivity contribution in [3.63, 3.8) is 0 Å². The van der Waals surface area contributed by atoms with E-state index in [-0.39, 0.29) is 59.3 Å². The number of ether oxygens (including phenoxy) is 8. The van der Waals surface area contributed by atoms with Gasteiger partial charge in [0.2, 0.25) is 5.75 Å². The van der Waals surface area contributed by atoms with E-state index in [1.165, 1.54) is 27.4 Å². The second-order valence-corrected chi connectivity index (χ2v) is 8.17. The molecular formula is C22H30BrNO11. The highest BCUT2D eigenvalue weighted by molar-refractivity contribution is 9.12. The predicted molar refractivity (Wildman–Crippen MR) is 126 cm³/mol. The molecule has 0 N–H and O–H groups in total. The summed E-state index contributed by atoms with van der Waals surface area (Å²) >= 11 is 3.23. The van der Waals surface area contributed by atoms with Gasteiger partial charge in [-0.1, -0.05) is 6.08 Å². The Hall–Kier alpha value is -2.45. The Balaban J connectivity index is 2.23. The van der Waals surface area contributed by atoms with E-state index in [0.717, 1.165) is 0 Å². The number of methoxy groups -OCH3 is 3. The minimum absolute atomic E-state index is 0.0308. The fourth-order valence-electron chi connectivity index (χ4n) is 3.29. The number of halogens is 1. The number of esters is 1. The van der Waals surface area contributed by atoms with Crippen molar-refractivity contribution in [2.45, 2.75) is 38.6 Å². The first-order chi connectivity index (χ1) is 16.8. The van der Waals surface area contributed by atoms with Crippen LogP contribution in [0.5, 0.6) is 17.2 Å². The molecule has 13 heteroatoms. The zero-order chi connectivity index (χ0) is 25.8. The molecular weight excluding hydrogens is 534 g/mol. The van der Waals surface area contributed by atoms with Crippen LogP contribution in [0.4, 0.5) is 5.69 Å². The average molecular weight is 564 g/mol. The number of nitrogens with zero attached hydrogens (tertiary/aromatic N) is 1. The number of carbonyl (C=O) groups is 1. The molecule has 196 valence electrons. The van der Waals surface area contributed by atoms with Crippen LogP contribution in [0.2, 0.25) is 0 Å². The number of carbonyl (C=O) groups excluding carboxylic acids is 1. The number of nitro benzene ring substituents is 1. The first kappa shape index (κ1) is 28.8. The minimum atomic E-state index is -0.707. The Labute approximate surface area is 211 Å². The molecule has 0 spiro atoms. The molecule has 0 aromatic heterocycles. The van der Waals surface area contributed by atoms with Crippen molar-refractivity contribution in [2.75, 3.05) is 48.1 Å². The van der Waals surface area contributed by atoms with Gasteiger partial charge in [-0.15, -0.1) is 0 Å². The van der Waals surface area contributed by atoms with Crippen molar-refractivity contribution in [3.05, 3.63) is 32.3 Å². The molecule has 0 aliphatic carbocycles. The van der Waals surface area contributed by atoms with E-state index in [1.54, 1.807) is 13.0 Å². The molecule has 1 aliphatic heterocycles. The van der Waals surface area contributed by atoms with Gasteiger partial charge in [-0.3, -0.25) is 10.1 Å². The highest BCUT2D eigenvalue weighted by atomic mass is 79.9. The lowest BCUT2D eigenvalue weighted by atomic mass is 10.0. The van der Waals surface area contributed by atoms with Crippen LogP contribution in [0.25, 0.3) is 0 Å². The van der Waals surface area contributed by atoms with Gasteiger partial charge in [-0.25, -0.2) is 4.79 Å². The second kappa shape index (κ2) is 14.8. The molecule has 1 atom stereocenters. The maximum absolute atomic E-state index is 12.5. The highest BCUT2D eigenvalue weighted by Crippen LogP contribution is 2.45. The molecule has 0 amide bonds. The summed E-state index contributed by atoms with van der Waals surface area (Å²) in [5.74, 6) is -0.400. The van der Waals surface area contributed by atoms with Crippen molar-refractivity contribution < 1.29 is 47.6 Å². The summed E-state index contributed by atoms with van der Waals surface area (Å²) in [4.78, 5) is 23.7. The third-order valence-electron chi connectivity index (χ3n) is 4.74. The van der Waals surface area contributed by atoms with Crippen molar-refractivity contribution in [1.29, 1.82) is 0 Å². The fourth-order valence-corrected chi connectivity index (χ4v) is 3.61. The Morgan fingerprint density at radius 3 is 2.46 bits per heavy atom. The molecule has 1 aromatic carbocycles. The molecule has 1 saturated heterocycles. The Morgan fingerprint density at radius 1 is 1.20 bits per heavy atom. The van der Waals surface area contributed by atoms with Gasteiger partial charge in [-0.2, -0.15) is 0 Å². The summed E-state index contributed by atoms with van der Waals surface area (Å²) in [6.07, 6.45) is 1.88. The number of hydrogen-bond donors (Lipinski definition) is 0. The van der Waals surface area contributed by atoms with Gasteiger partial charge in [0.15, 0.2) is 31.4 Å². The van der Waals surface area contributed by atoms with Crippen LogP contribution in [0.15, 0.2) is 16.6 Å². The van der Waals surface area contributed by atoms with Gasteiger partial charge >= 0.3 is 11.7 Å². The van der Waals surface area contributed by atoms with Gasteiger partial charge in [0.05, 0.1) is 41.4 Å². The predicted octanol–water partition coefficient (Wildman–Crippen LogP) is 3.47. The quantitative estimate of drug-likeness (QED) is 0.102. The molecule has 0 radical (unpaired) electrons. The molecule has 1 aromatic rings. The summed E-state index contributed by atoms with van der Waals surface area (Å²) < 4.78 is 42.8. The standard InChI is InChI=1S/C22H30BrNO11/c1-14(35-22(25)16(23)6-5-7-19-31-8-9-32-19)10-15-20(34-13-29-3)17(24(26)27)11-18(21(15)30-4)33-12-28-2/h6,11,14,19H,5,7-10,12-13H2,1-4H3. The molecule has 0 bridgehead atoms. The monoisotopic (exact) mass is 563 g/mol. The van der Waals surface area contributed by atoms with E-state index in [0.29, 0.717) is 26.1 Å². The van der Waals surface area contributed by atoms with Crippen LogP contribution in [0, 0.1) is 10.1 Å². The maximum Gasteiger partial charge on any atom is 0.345 e. The van der Waals surface area contributed by atoms with Gasteiger partial charge in [0.1, 0.15) is 6.10 Å². The third-order valence-corrected chi connectivity index (χ3v) is 5.39. The topological polar surface area (TPSA) is 134 Å². The van der Waals surface area contributed by atoms with Crippen molar-refractivity contribution in [2.24, 2.45) is 0 Å². The van der Waals surface area contributed by atoms with Crippen LogP contribution in [-0.2, 0) is 34.9 Å². The van der Waals surface area contributed by atoms with Crippen LogP contribution >= 0.6 is 15.9 Å². The van der Waals surface area contributed by atoms with Crippen molar-refractivity contribution >= 4 is 27.6 Å². The van der Waals surface area contributed by atoms with Crippen LogP contribution in [-0.4, -0.2) is 71.4 Å². The Kier molecular flexibility index (Phi) is 12.2. The lowest BCUT2D eigenvalue weighted by Crippen LogP contribution is -2.19. The Morgan fingerprint density at radius 2 is 1.86 bits per heavy atom. The number of hydrogen-bond acceptors (Lipinski definition) is 11. The second-order valence-electron chi connectivity index (χ2n) is 7.31. The minimum Gasteiger partial charge on any atom is -0.492 e. The van der Waals surface area contributed by atoms with E-state index in [1.807, 2.05) is 0 Å². The summed E-state index contributed by atoms with van der Waals surface area (Å²) in [6, 6.07) is 1.18. The normalized spacial score (nSPS) is 15.1. The zero-order valence-corrected chi connectivity index (χ0v) is 21.7. The largest absolute Gasteiger partial charge is 0.492 e. The number of benzene rings is 1. The summed E-state index contributed by atoms with van der Waals surface area (Å²) in [6.45, 7) is 2.36. The molecule has 2 rings (SSSR count). The van der Waals surface area contributed by atoms with Gasteiger partial charge in [-0.05, 0) is 29.3 Å². The first-order valence-electron chi connectivity index (χ1n) is 10.7. The molecule has 1 fully saturated rings. The smallest absolute Gasteiger partial charge is 0.345 e. The lowest BCUT2D eigenvalue weighted by Gasteiger charge is -2.20. The Bertz CT molecular complexity index is 887. The van der Waals surface area contributed by atoms with Crippen LogP contribution < -0.4 is 14.2 Å². The maximum atomic E-state index is 12.5. The molecule has 0 saturated carbocycles. The SMILES string of the molecule is COCOc1cc([N+](=O)[O-])c(OCOC)c(CC(C)OC(=O)C(Br)=CCCC2OCCO2)c1OC. The first-order valence-corrected chi connectivity index (χ1v) is 11.5. The van der Waals surface area contributed by atoms with Gasteiger partial charge < -0.3 is 37.9 Å². The van der Waals surface area contributed by atoms with Gasteiger partial charge in [0.25, 0.3) is 0 Å². The number of rotatable bonds is 15. The summed E-state index contributed by atoms with van der Waals surface area (Å²) in [7, 11) is 4.19. The highest BCUT2D eigenvalue weighted by Gasteiger charge is 2.30. The van der Waals surface area contributed by atoms with Crippen molar-refractivity contribution in [1.82, 2.24) is 0 Å². The molecule has 12 nitrogen and oxygen atoms in total. The molecule has 1 unspecified atom stereocenters. The fraction of sp³-hybridized carbons (Fsp3) is 0.591. The molecule has 1 heterocycles. The van der Waals surface area contributed by atoms with E-state index >= 15 is 0 Å². The van der Waals surface area contributed by atoms with Crippen LogP contribution in [0.3, 0.4) is 0 Å². The van der Waals surface area contributed by atoms with Crippen LogP contribution in [0.1, 0.15) is 25.3 Å². The zero-order valence-electron chi connectivity index (χ0n) is 20.1. The van der Waals surface area contributed by atoms with E-state index in [2.05, 4.69) is 15.9 Å². The van der Waals surface area contributed by atoms with Crippen molar-refractivity contribution in [3.8, 4) is 17.2 Å². The number of nitro groups is 1. The van der Waals surface area contributed by atoms with E-state index in [9.17, 15) is 14.9 Å². The summed E-state index contributed by atoms with van der Waals surface area (Å²) in [5.41, 5.74) is -0.0827. The number of allylic oxidation sites excluding steroid dienone is 1. The van der Waals surface area contributed by atoms with Gasteiger partial charge in [0, 0.05) is 27.1 Å². The molecule has 35 heavy (non-hydrogen) atoms. The lowest BCUT2D eigenvalue weighted by molar-refractivity contribution is -0.386. The summed E-state index contributed by atoms with van der Waals surface area (Å²) in [5, 5.41) is 11.8. The molecule has 1 aliphatic rings.